The summed E-state index contributed by atoms with van der Waals surface area (Å²) in [7, 11) is 0. The molecule has 1 fully saturated rings. The number of β-lactam (4-membered cyclic amide) rings is 1. The minimum absolute atomic E-state index is 0.112. The lowest BCUT2D eigenvalue weighted by Crippen LogP contribution is -2.61. The molecular weight excluding hydrogens is 473 g/mol. The summed E-state index contributed by atoms with van der Waals surface area (Å²) >= 11 is 23.3. The van der Waals surface area contributed by atoms with Crippen LogP contribution in [-0.2, 0) is 18.5 Å². The molecule has 0 radical (unpaired) electrons. The Balaban J connectivity index is 2.39. The first-order chi connectivity index (χ1) is 12.0. The van der Waals surface area contributed by atoms with Gasteiger partial charge in [0, 0.05) is 0 Å². The number of nitrogens with one attached hydrogen (secondary N) is 1. The Morgan fingerprint density at radius 1 is 1.46 bits per heavy atom. The van der Waals surface area contributed by atoms with Gasteiger partial charge in [-0.25, -0.2) is 4.79 Å². The van der Waals surface area contributed by atoms with Crippen LogP contribution in [0.25, 0.3) is 0 Å². The van der Waals surface area contributed by atoms with E-state index in [1.54, 1.807) is 0 Å². The van der Waals surface area contributed by atoms with E-state index in [0.29, 0.717) is 0 Å². The monoisotopic (exact) mass is 487 g/mol. The molecule has 2 unspecified atom stereocenters. The Kier molecular flexibility index (Phi) is 10.4. The number of alkyl halides is 3. The molecule has 0 spiro atoms. The van der Waals surface area contributed by atoms with Crippen LogP contribution in [0.1, 0.15) is 6.92 Å². The van der Waals surface area contributed by atoms with Crippen molar-refractivity contribution in [1.29, 1.82) is 0 Å². The highest BCUT2D eigenvalue weighted by Crippen LogP contribution is 2.32. The Bertz CT molecular complexity index is 523. The Morgan fingerprint density at radius 2 is 2.12 bits per heavy atom. The lowest BCUT2D eigenvalue weighted by Gasteiger charge is -2.38. The molecule has 0 aromatic heterocycles. The first kappa shape index (κ1) is 24.2. The molecule has 0 aromatic carbocycles. The van der Waals surface area contributed by atoms with Crippen molar-refractivity contribution < 1.29 is 33.5 Å². The summed E-state index contributed by atoms with van der Waals surface area (Å²) in [5.74, 6) is -0.864. The van der Waals surface area contributed by atoms with Crippen LogP contribution in [-0.4, -0.2) is 67.0 Å². The van der Waals surface area contributed by atoms with Crippen molar-refractivity contribution >= 4 is 87.3 Å². The van der Waals surface area contributed by atoms with Crippen molar-refractivity contribution in [1.82, 2.24) is 5.32 Å². The topological polar surface area (TPSA) is 114 Å². The predicted molar refractivity (Wildman–Crippen MR) is 104 cm³/mol. The molecule has 1 aliphatic heterocycles. The number of aliphatic hydroxyl groups excluding tert-OH is 2. The van der Waals surface area contributed by atoms with E-state index in [1.165, 1.54) is 6.92 Å². The van der Waals surface area contributed by atoms with Crippen molar-refractivity contribution in [3.05, 3.63) is 0 Å². The van der Waals surface area contributed by atoms with Crippen LogP contribution in [0.4, 0.5) is 4.79 Å². The van der Waals surface area contributed by atoms with Gasteiger partial charge < -0.3 is 29.2 Å². The molecule has 0 aromatic rings. The number of halogens is 3. The Hall–Kier alpha value is 0.120. The molecule has 0 saturated carbocycles. The molecule has 0 aliphatic carbocycles. The van der Waals surface area contributed by atoms with Crippen molar-refractivity contribution in [2.75, 3.05) is 19.0 Å². The second-order valence-electron chi connectivity index (χ2n) is 5.00. The number of hydrogen-bond donors (Lipinski definition) is 3. The van der Waals surface area contributed by atoms with E-state index >= 15 is 0 Å². The van der Waals surface area contributed by atoms with Gasteiger partial charge in [0.25, 0.3) is 0 Å². The van der Waals surface area contributed by atoms with Gasteiger partial charge in [-0.3, -0.25) is 4.79 Å². The second-order valence-corrected chi connectivity index (χ2v) is 10.00. The van der Waals surface area contributed by atoms with Gasteiger partial charge in [-0.15, -0.1) is 0 Å². The zero-order chi connectivity index (χ0) is 19.9. The van der Waals surface area contributed by atoms with Crippen LogP contribution in [0, 0.1) is 5.92 Å². The normalized spacial score (nSPS) is 21.8. The summed E-state index contributed by atoms with van der Waals surface area (Å²) in [6.45, 7) is 0.636. The fourth-order valence-corrected chi connectivity index (χ4v) is 3.89. The van der Waals surface area contributed by atoms with E-state index in [-0.39, 0.29) is 22.6 Å². The van der Waals surface area contributed by atoms with Crippen molar-refractivity contribution in [2.24, 2.45) is 5.92 Å². The molecule has 1 amide bonds. The number of carbonyl (C=O) groups is 2. The maximum atomic E-state index is 11.7. The van der Waals surface area contributed by atoms with E-state index in [1.807, 2.05) is 0 Å². The van der Waals surface area contributed by atoms with Crippen LogP contribution in [0.3, 0.4) is 0 Å². The molecule has 0 bridgehead atoms. The van der Waals surface area contributed by atoms with Crippen LogP contribution >= 0.6 is 70.8 Å². The van der Waals surface area contributed by atoms with E-state index in [9.17, 15) is 14.7 Å². The number of ether oxygens (including phenoxy) is 2. The Morgan fingerprint density at radius 3 is 2.65 bits per heavy atom. The third kappa shape index (κ3) is 8.87. The van der Waals surface area contributed by atoms with Gasteiger partial charge >= 0.3 is 6.16 Å². The third-order valence-electron chi connectivity index (χ3n) is 2.88. The summed E-state index contributed by atoms with van der Waals surface area (Å²) < 4.78 is 13.1. The van der Waals surface area contributed by atoms with Gasteiger partial charge in [0.05, 0.1) is 35.9 Å². The average molecular weight is 489 g/mol. The molecule has 150 valence electrons. The largest absolute Gasteiger partial charge is 0.508 e. The minimum Gasteiger partial charge on any atom is -0.430 e. The maximum absolute atomic E-state index is 11.7. The standard InChI is InChI=1S/C12H16Cl3NO7S3/c1-5(22-10(20)21-4-12(13,14)15)7-8(19)16-9(7)26-11(24)23-25-3-6(18)2-17/h5-7,9,17-18H,2-4H2,1H3,(H,16,19)/t5?,6?,7-,9+/m0/s1. The quantitative estimate of drug-likeness (QED) is 0.154. The molecule has 1 rings (SSSR count). The van der Waals surface area contributed by atoms with Crippen LogP contribution < -0.4 is 5.32 Å². The number of aliphatic hydroxyl groups is 2. The zero-order valence-corrected chi connectivity index (χ0v) is 17.9. The first-order valence-corrected chi connectivity index (χ1v) is 10.4. The fraction of sp³-hybridized carbons (Fsp3) is 0.750. The van der Waals surface area contributed by atoms with Gasteiger partial charge in [0.15, 0.2) is 0 Å². The number of amides is 1. The molecule has 4 atom stereocenters. The van der Waals surface area contributed by atoms with Crippen LogP contribution in [0.2, 0.25) is 0 Å². The number of hydrogen-bond acceptors (Lipinski definition) is 10. The summed E-state index contributed by atoms with van der Waals surface area (Å²) in [5, 5.41) is 20.0. The van der Waals surface area contributed by atoms with E-state index in [0.717, 1.165) is 23.8 Å². The predicted octanol–water partition coefficient (Wildman–Crippen LogP) is 2.01. The lowest BCUT2D eigenvalue weighted by atomic mass is 9.96. The number of rotatable bonds is 8. The smallest absolute Gasteiger partial charge is 0.430 e. The molecular formula is C12H16Cl3NO7S3. The van der Waals surface area contributed by atoms with Crippen LogP contribution in [0.15, 0.2) is 0 Å². The second kappa shape index (κ2) is 11.2. The SMILES string of the molecule is CC(OC(=O)OCC(Cl)(Cl)Cl)[C@H]1C(=O)N[C@@H]1SC(=S)OSCC(O)CO. The summed E-state index contributed by atoms with van der Waals surface area (Å²) in [6.07, 6.45) is -2.80. The van der Waals surface area contributed by atoms with Gasteiger partial charge in [0.1, 0.15) is 18.6 Å². The lowest BCUT2D eigenvalue weighted by molar-refractivity contribution is -0.137. The Labute approximate surface area is 178 Å². The van der Waals surface area contributed by atoms with E-state index < -0.39 is 40.1 Å². The van der Waals surface area contributed by atoms with Gasteiger partial charge in [-0.05, 0) is 30.9 Å². The molecule has 1 aliphatic rings. The molecule has 1 heterocycles. The average Bonchev–Trinajstić information content (AvgIpc) is 2.51. The molecule has 1 saturated heterocycles. The summed E-state index contributed by atoms with van der Waals surface area (Å²) in [6, 6.07) is 0. The summed E-state index contributed by atoms with van der Waals surface area (Å²) in [5.41, 5.74) is 0. The minimum atomic E-state index is -1.76. The molecule has 14 heteroatoms. The van der Waals surface area contributed by atoms with Crippen LogP contribution in [0.5, 0.6) is 0 Å². The zero-order valence-electron chi connectivity index (χ0n) is 13.2. The number of thioether (sulfide) groups is 1. The van der Waals surface area contributed by atoms with Gasteiger partial charge in [0.2, 0.25) is 14.1 Å². The number of thiocarbonyl (C=S) groups is 1. The molecule has 8 nitrogen and oxygen atoms in total. The maximum Gasteiger partial charge on any atom is 0.508 e. The van der Waals surface area contributed by atoms with E-state index in [2.05, 4.69) is 10.1 Å². The number of carbonyl (C=O) groups excluding carboxylic acids is 2. The van der Waals surface area contributed by atoms with Crippen molar-refractivity contribution in [3.8, 4) is 0 Å². The third-order valence-corrected chi connectivity index (χ3v) is 5.53. The van der Waals surface area contributed by atoms with Crippen molar-refractivity contribution in [2.45, 2.75) is 28.3 Å². The fourth-order valence-electron chi connectivity index (χ4n) is 1.67. The highest BCUT2D eigenvalue weighted by Gasteiger charge is 2.46. The molecule has 26 heavy (non-hydrogen) atoms. The highest BCUT2D eigenvalue weighted by molar-refractivity contribution is 8.23. The van der Waals surface area contributed by atoms with E-state index in [4.69, 9.17) is 61.0 Å². The van der Waals surface area contributed by atoms with Crippen molar-refractivity contribution in [3.63, 3.8) is 0 Å². The highest BCUT2D eigenvalue weighted by atomic mass is 35.6. The van der Waals surface area contributed by atoms with Gasteiger partial charge in [-0.2, -0.15) is 0 Å². The molecule has 3 N–H and O–H groups in total. The van der Waals surface area contributed by atoms with Gasteiger partial charge in [-0.1, -0.05) is 34.8 Å². The first-order valence-electron chi connectivity index (χ1n) is 7.03. The summed E-state index contributed by atoms with van der Waals surface area (Å²) in [4.78, 5) is 23.3.